The van der Waals surface area contributed by atoms with E-state index in [1.807, 2.05) is 24.3 Å². The number of hydrogen-bond acceptors (Lipinski definition) is 6. The number of nitrogen functional groups attached to an aromatic ring is 1. The monoisotopic (exact) mass is 273 g/mol. The first-order chi connectivity index (χ1) is 9.81. The van der Waals surface area contributed by atoms with E-state index in [1.54, 1.807) is 7.11 Å². The Balaban J connectivity index is 1.97. The highest BCUT2D eigenvalue weighted by Gasteiger charge is 2.27. The van der Waals surface area contributed by atoms with Crippen molar-refractivity contribution in [2.45, 2.75) is 31.4 Å². The third kappa shape index (κ3) is 2.39. The normalized spacial score (nSPS) is 22.1. The van der Waals surface area contributed by atoms with E-state index in [-0.39, 0.29) is 12.1 Å². The second kappa shape index (κ2) is 5.60. The zero-order valence-electron chi connectivity index (χ0n) is 11.5. The van der Waals surface area contributed by atoms with Crippen LogP contribution in [0, 0.1) is 0 Å². The van der Waals surface area contributed by atoms with Crippen LogP contribution in [0.5, 0.6) is 0 Å². The number of para-hydroxylation sites is 1. The number of anilines is 2. The summed E-state index contributed by atoms with van der Waals surface area (Å²) in [4.78, 5) is 8.79. The van der Waals surface area contributed by atoms with Gasteiger partial charge in [0.05, 0.1) is 17.7 Å². The van der Waals surface area contributed by atoms with Crippen LogP contribution < -0.4 is 16.6 Å². The highest BCUT2D eigenvalue weighted by molar-refractivity contribution is 5.90. The molecule has 0 aliphatic heterocycles. The molecule has 6 heteroatoms. The number of hydrazine groups is 1. The number of hydrogen-bond donors (Lipinski definition) is 3. The summed E-state index contributed by atoms with van der Waals surface area (Å²) in [6, 6.07) is 8.17. The second-order valence-electron chi connectivity index (χ2n) is 5.01. The minimum Gasteiger partial charge on any atom is -0.379 e. The molecule has 1 aromatic heterocycles. The van der Waals surface area contributed by atoms with Crippen LogP contribution in [0.4, 0.5) is 11.8 Å². The van der Waals surface area contributed by atoms with Crippen molar-refractivity contribution >= 4 is 22.7 Å². The van der Waals surface area contributed by atoms with Gasteiger partial charge in [0.25, 0.3) is 0 Å². The number of ether oxygens (including phenoxy) is 1. The molecule has 1 aliphatic rings. The van der Waals surface area contributed by atoms with Gasteiger partial charge >= 0.3 is 0 Å². The van der Waals surface area contributed by atoms with Crippen LogP contribution in [0.3, 0.4) is 0 Å². The Morgan fingerprint density at radius 1 is 1.25 bits per heavy atom. The van der Waals surface area contributed by atoms with E-state index in [4.69, 9.17) is 10.6 Å². The van der Waals surface area contributed by atoms with Crippen molar-refractivity contribution in [1.82, 2.24) is 9.97 Å². The summed E-state index contributed by atoms with van der Waals surface area (Å²) in [7, 11) is 1.76. The Hall–Kier alpha value is -1.92. The SMILES string of the molecule is COC1CCCC1Nc1nc(NN)nc2ccccc12. The van der Waals surface area contributed by atoms with Gasteiger partial charge < -0.3 is 10.1 Å². The molecule has 6 nitrogen and oxygen atoms in total. The molecule has 0 bridgehead atoms. The van der Waals surface area contributed by atoms with Crippen molar-refractivity contribution < 1.29 is 4.74 Å². The van der Waals surface area contributed by atoms with Crippen molar-refractivity contribution in [2.24, 2.45) is 5.84 Å². The molecule has 1 heterocycles. The summed E-state index contributed by atoms with van der Waals surface area (Å²) in [5.74, 6) is 6.66. The molecule has 0 saturated heterocycles. The summed E-state index contributed by atoms with van der Waals surface area (Å²) in [6.45, 7) is 0. The van der Waals surface area contributed by atoms with Crippen LogP contribution in [0.2, 0.25) is 0 Å². The largest absolute Gasteiger partial charge is 0.379 e. The van der Waals surface area contributed by atoms with Gasteiger partial charge in [0.2, 0.25) is 5.95 Å². The molecule has 0 radical (unpaired) electrons. The first-order valence-corrected chi connectivity index (χ1v) is 6.84. The maximum Gasteiger partial charge on any atom is 0.239 e. The highest BCUT2D eigenvalue weighted by atomic mass is 16.5. The average Bonchev–Trinajstić information content (AvgIpc) is 2.94. The number of rotatable bonds is 4. The van der Waals surface area contributed by atoms with E-state index >= 15 is 0 Å². The van der Waals surface area contributed by atoms with Crippen LogP contribution >= 0.6 is 0 Å². The molecule has 1 aliphatic carbocycles. The van der Waals surface area contributed by atoms with E-state index in [9.17, 15) is 0 Å². The molecule has 2 aromatic rings. The highest BCUT2D eigenvalue weighted by Crippen LogP contribution is 2.28. The summed E-state index contributed by atoms with van der Waals surface area (Å²) in [5, 5.41) is 4.48. The minimum atomic E-state index is 0.234. The first-order valence-electron chi connectivity index (χ1n) is 6.84. The van der Waals surface area contributed by atoms with Gasteiger partial charge in [-0.3, -0.25) is 5.43 Å². The lowest BCUT2D eigenvalue weighted by molar-refractivity contribution is 0.101. The quantitative estimate of drug-likeness (QED) is 0.582. The van der Waals surface area contributed by atoms with E-state index in [0.717, 1.165) is 29.6 Å². The lowest BCUT2D eigenvalue weighted by atomic mass is 10.2. The van der Waals surface area contributed by atoms with E-state index < -0.39 is 0 Å². The number of nitrogens with one attached hydrogen (secondary N) is 2. The molecule has 0 spiro atoms. The number of nitrogens with zero attached hydrogens (tertiary/aromatic N) is 2. The van der Waals surface area contributed by atoms with Crippen molar-refractivity contribution in [2.75, 3.05) is 17.9 Å². The fourth-order valence-electron chi connectivity index (χ4n) is 2.80. The van der Waals surface area contributed by atoms with Gasteiger partial charge in [0, 0.05) is 12.5 Å². The van der Waals surface area contributed by atoms with Gasteiger partial charge in [-0.15, -0.1) is 0 Å². The van der Waals surface area contributed by atoms with Crippen LogP contribution in [0.25, 0.3) is 10.9 Å². The van der Waals surface area contributed by atoms with Crippen molar-refractivity contribution in [3.63, 3.8) is 0 Å². The molecule has 1 fully saturated rings. The summed E-state index contributed by atoms with van der Waals surface area (Å²) in [5.41, 5.74) is 3.38. The van der Waals surface area contributed by atoms with Gasteiger partial charge in [0.15, 0.2) is 0 Å². The number of fused-ring (bicyclic) bond motifs is 1. The maximum absolute atomic E-state index is 5.52. The molecule has 4 N–H and O–H groups in total. The van der Waals surface area contributed by atoms with E-state index in [0.29, 0.717) is 5.95 Å². The second-order valence-corrected chi connectivity index (χ2v) is 5.01. The smallest absolute Gasteiger partial charge is 0.239 e. The molecule has 2 atom stereocenters. The van der Waals surface area contributed by atoms with Crippen molar-refractivity contribution in [3.05, 3.63) is 24.3 Å². The molecular weight excluding hydrogens is 254 g/mol. The summed E-state index contributed by atoms with van der Waals surface area (Å²) < 4.78 is 5.52. The number of benzene rings is 1. The van der Waals surface area contributed by atoms with Crippen molar-refractivity contribution in [3.8, 4) is 0 Å². The van der Waals surface area contributed by atoms with Gasteiger partial charge in [0.1, 0.15) is 5.82 Å². The average molecular weight is 273 g/mol. The predicted octanol–water partition coefficient (Wildman–Crippen LogP) is 1.89. The predicted molar refractivity (Wildman–Crippen MR) is 79.4 cm³/mol. The minimum absolute atomic E-state index is 0.234. The Bertz CT molecular complexity index is 603. The third-order valence-corrected chi connectivity index (χ3v) is 3.81. The number of nitrogens with two attached hydrogens (primary N) is 1. The topological polar surface area (TPSA) is 85.1 Å². The summed E-state index contributed by atoms with van der Waals surface area (Å²) >= 11 is 0. The maximum atomic E-state index is 5.52. The summed E-state index contributed by atoms with van der Waals surface area (Å²) in [6.07, 6.45) is 3.57. The molecule has 1 aromatic carbocycles. The molecule has 20 heavy (non-hydrogen) atoms. The molecule has 1 saturated carbocycles. The van der Waals surface area contributed by atoms with Crippen LogP contribution in [-0.4, -0.2) is 29.2 Å². The van der Waals surface area contributed by atoms with Crippen LogP contribution in [0.1, 0.15) is 19.3 Å². The lowest BCUT2D eigenvalue weighted by Crippen LogP contribution is -2.30. The molecule has 0 amide bonds. The van der Waals surface area contributed by atoms with Gasteiger partial charge in [-0.1, -0.05) is 12.1 Å². The van der Waals surface area contributed by atoms with Crippen LogP contribution in [-0.2, 0) is 4.74 Å². The van der Waals surface area contributed by atoms with Gasteiger partial charge in [-0.2, -0.15) is 4.98 Å². The molecule has 106 valence electrons. The number of methoxy groups -OCH3 is 1. The molecular formula is C14H19N5O. The van der Waals surface area contributed by atoms with E-state index in [1.165, 1.54) is 6.42 Å². The van der Waals surface area contributed by atoms with Gasteiger partial charge in [-0.05, 0) is 31.4 Å². The molecule has 3 rings (SSSR count). The fourth-order valence-corrected chi connectivity index (χ4v) is 2.80. The van der Waals surface area contributed by atoms with Crippen molar-refractivity contribution in [1.29, 1.82) is 0 Å². The van der Waals surface area contributed by atoms with Gasteiger partial charge in [-0.25, -0.2) is 10.8 Å². The fraction of sp³-hybridized carbons (Fsp3) is 0.429. The zero-order valence-corrected chi connectivity index (χ0v) is 11.5. The lowest BCUT2D eigenvalue weighted by Gasteiger charge is -2.21. The Labute approximate surface area is 117 Å². The molecule has 2 unspecified atom stereocenters. The third-order valence-electron chi connectivity index (χ3n) is 3.81. The first kappa shape index (κ1) is 13.1. The van der Waals surface area contributed by atoms with Crippen LogP contribution in [0.15, 0.2) is 24.3 Å². The Morgan fingerprint density at radius 2 is 2.10 bits per heavy atom. The zero-order chi connectivity index (χ0) is 13.9. The van der Waals surface area contributed by atoms with E-state index in [2.05, 4.69) is 20.7 Å². The number of aromatic nitrogens is 2. The Morgan fingerprint density at radius 3 is 2.90 bits per heavy atom. The Kier molecular flexibility index (Phi) is 3.66. The standard InChI is InChI=1S/C14H19N5O/c1-20-12-8-4-7-11(12)16-13-9-5-2-3-6-10(9)17-14(18-13)19-15/h2-3,5-6,11-12H,4,7-8,15H2,1H3,(H2,16,17,18,19).